The molecule has 2 aliphatic rings. The van der Waals surface area contributed by atoms with Crippen molar-refractivity contribution in [3.05, 3.63) is 60.2 Å². The Morgan fingerprint density at radius 2 is 1.86 bits per heavy atom. The van der Waals surface area contributed by atoms with Crippen LogP contribution in [0.1, 0.15) is 17.3 Å². The van der Waals surface area contributed by atoms with Crippen LogP contribution >= 0.6 is 11.8 Å². The van der Waals surface area contributed by atoms with Gasteiger partial charge < -0.3 is 9.64 Å². The second-order valence-corrected chi connectivity index (χ2v) is 10.0. The van der Waals surface area contributed by atoms with E-state index in [1.807, 2.05) is 42.2 Å². The van der Waals surface area contributed by atoms with Gasteiger partial charge in [0.2, 0.25) is 0 Å². The number of carbonyl (C=O) groups is 1. The van der Waals surface area contributed by atoms with Gasteiger partial charge in [0.25, 0.3) is 5.91 Å². The monoisotopic (exact) mass is 416 g/mol. The Balaban J connectivity index is 1.69. The maximum atomic E-state index is 12.6. The highest BCUT2D eigenvalue weighted by Gasteiger charge is 2.49. The highest BCUT2D eigenvalue weighted by Crippen LogP contribution is 2.41. The number of anilines is 1. The lowest BCUT2D eigenvalue weighted by atomic mass is 10.2. The standard InChI is InChI=1S/C20H20N2O4S2/c1-2-26-16-10-8-15(9-11-16)22-17-12-28(24,25)13-18(17)27-20(22)21-19(23)14-6-4-3-5-7-14/h3-11,17-18H,2,12-13H2,1H3/t17-,18+/m0/s1. The largest absolute Gasteiger partial charge is 0.494 e. The van der Waals surface area contributed by atoms with Crippen LogP contribution in [0.25, 0.3) is 0 Å². The van der Waals surface area contributed by atoms with Gasteiger partial charge in [0.05, 0.1) is 24.2 Å². The molecule has 2 aromatic carbocycles. The molecule has 2 heterocycles. The Hall–Kier alpha value is -2.32. The molecule has 2 aliphatic heterocycles. The van der Waals surface area contributed by atoms with Crippen molar-refractivity contribution in [2.24, 2.45) is 4.99 Å². The molecule has 0 saturated carbocycles. The van der Waals surface area contributed by atoms with Gasteiger partial charge in [0.1, 0.15) is 5.75 Å². The molecule has 0 unspecified atom stereocenters. The number of hydrogen-bond acceptors (Lipinski definition) is 5. The van der Waals surface area contributed by atoms with E-state index in [9.17, 15) is 13.2 Å². The Morgan fingerprint density at radius 1 is 1.14 bits per heavy atom. The van der Waals surface area contributed by atoms with Crippen molar-refractivity contribution >= 4 is 38.4 Å². The number of benzene rings is 2. The van der Waals surface area contributed by atoms with Gasteiger partial charge in [-0.05, 0) is 43.3 Å². The molecule has 146 valence electrons. The minimum absolute atomic E-state index is 0.0659. The Morgan fingerprint density at radius 3 is 2.54 bits per heavy atom. The normalized spacial score (nSPS) is 24.3. The second-order valence-electron chi connectivity index (χ2n) is 6.66. The van der Waals surface area contributed by atoms with Gasteiger partial charge in [-0.3, -0.25) is 4.79 Å². The summed E-state index contributed by atoms with van der Waals surface area (Å²) in [7, 11) is -3.09. The van der Waals surface area contributed by atoms with Gasteiger partial charge in [-0.25, -0.2) is 8.42 Å². The summed E-state index contributed by atoms with van der Waals surface area (Å²) in [6.45, 7) is 2.49. The van der Waals surface area contributed by atoms with Crippen molar-refractivity contribution in [2.45, 2.75) is 18.2 Å². The van der Waals surface area contributed by atoms with Gasteiger partial charge in [0.15, 0.2) is 15.0 Å². The number of thioether (sulfide) groups is 1. The summed E-state index contributed by atoms with van der Waals surface area (Å²) in [6.07, 6.45) is 0. The van der Waals surface area contributed by atoms with Crippen LogP contribution in [0.4, 0.5) is 5.69 Å². The van der Waals surface area contributed by atoms with Crippen molar-refractivity contribution in [3.8, 4) is 5.75 Å². The van der Waals surface area contributed by atoms with E-state index in [-0.39, 0.29) is 28.7 Å². The highest BCUT2D eigenvalue weighted by molar-refractivity contribution is 8.16. The number of carbonyl (C=O) groups excluding carboxylic acids is 1. The van der Waals surface area contributed by atoms with E-state index in [1.165, 1.54) is 11.8 Å². The Labute approximate surface area is 168 Å². The average Bonchev–Trinajstić information content (AvgIpc) is 3.14. The van der Waals surface area contributed by atoms with Crippen LogP contribution < -0.4 is 9.64 Å². The summed E-state index contributed by atoms with van der Waals surface area (Å²) in [4.78, 5) is 18.8. The summed E-state index contributed by atoms with van der Waals surface area (Å²) >= 11 is 1.37. The van der Waals surface area contributed by atoms with E-state index in [4.69, 9.17) is 4.74 Å². The van der Waals surface area contributed by atoms with Gasteiger partial charge in [-0.15, -0.1) is 0 Å². The molecule has 2 saturated heterocycles. The summed E-state index contributed by atoms with van der Waals surface area (Å²) < 4.78 is 29.8. The third-order valence-corrected chi connectivity index (χ3v) is 7.92. The molecule has 2 atom stereocenters. The molecule has 6 nitrogen and oxygen atoms in total. The number of amides is 1. The highest BCUT2D eigenvalue weighted by atomic mass is 32.2. The van der Waals surface area contributed by atoms with Crippen LogP contribution in [0.2, 0.25) is 0 Å². The lowest BCUT2D eigenvalue weighted by Crippen LogP contribution is -2.37. The van der Waals surface area contributed by atoms with Crippen LogP contribution in [-0.4, -0.2) is 48.9 Å². The van der Waals surface area contributed by atoms with E-state index in [0.717, 1.165) is 11.4 Å². The van der Waals surface area contributed by atoms with E-state index < -0.39 is 9.84 Å². The smallest absolute Gasteiger partial charge is 0.279 e. The number of rotatable bonds is 4. The molecule has 2 fully saturated rings. The molecule has 0 aliphatic carbocycles. The number of aliphatic imine (C=N–C) groups is 1. The second kappa shape index (κ2) is 7.60. The molecule has 0 bridgehead atoms. The first kappa shape index (κ1) is 19.0. The lowest BCUT2D eigenvalue weighted by Gasteiger charge is -2.24. The molecule has 0 spiro atoms. The van der Waals surface area contributed by atoms with Gasteiger partial charge in [-0.1, -0.05) is 30.0 Å². The van der Waals surface area contributed by atoms with Gasteiger partial charge >= 0.3 is 0 Å². The molecule has 4 rings (SSSR count). The fourth-order valence-corrected chi connectivity index (χ4v) is 7.38. The molecule has 28 heavy (non-hydrogen) atoms. The molecule has 0 N–H and O–H groups in total. The fraction of sp³-hybridized carbons (Fsp3) is 0.300. The van der Waals surface area contributed by atoms with Crippen molar-refractivity contribution in [1.29, 1.82) is 0 Å². The van der Waals surface area contributed by atoms with E-state index >= 15 is 0 Å². The fourth-order valence-electron chi connectivity index (χ4n) is 3.47. The molecule has 1 amide bonds. The first-order valence-corrected chi connectivity index (χ1v) is 11.7. The van der Waals surface area contributed by atoms with Crippen molar-refractivity contribution in [2.75, 3.05) is 23.0 Å². The SMILES string of the molecule is CCOc1ccc(N2C(=NC(=O)c3ccccc3)S[C@@H]3CS(=O)(=O)C[C@@H]32)cc1. The molecule has 0 radical (unpaired) electrons. The molecule has 0 aromatic heterocycles. The maximum Gasteiger partial charge on any atom is 0.279 e. The first-order chi connectivity index (χ1) is 13.5. The van der Waals surface area contributed by atoms with Crippen LogP contribution in [0.3, 0.4) is 0 Å². The lowest BCUT2D eigenvalue weighted by molar-refractivity contribution is 0.100. The Kier molecular flexibility index (Phi) is 5.16. The van der Waals surface area contributed by atoms with Crippen LogP contribution in [0.15, 0.2) is 59.6 Å². The zero-order chi connectivity index (χ0) is 19.7. The summed E-state index contributed by atoms with van der Waals surface area (Å²) in [5, 5.41) is 0.418. The molecular weight excluding hydrogens is 396 g/mol. The molecule has 2 aromatic rings. The predicted molar refractivity (Wildman–Crippen MR) is 112 cm³/mol. The van der Waals surface area contributed by atoms with Crippen LogP contribution in [0, 0.1) is 0 Å². The Bertz CT molecular complexity index is 1000. The van der Waals surface area contributed by atoms with Crippen molar-refractivity contribution < 1.29 is 17.9 Å². The zero-order valence-electron chi connectivity index (χ0n) is 15.3. The minimum atomic E-state index is -3.09. The minimum Gasteiger partial charge on any atom is -0.494 e. The number of ether oxygens (including phenoxy) is 1. The van der Waals surface area contributed by atoms with Crippen molar-refractivity contribution in [1.82, 2.24) is 0 Å². The zero-order valence-corrected chi connectivity index (χ0v) is 16.9. The van der Waals surface area contributed by atoms with E-state index in [0.29, 0.717) is 17.3 Å². The molecular formula is C20H20N2O4S2. The number of hydrogen-bond donors (Lipinski definition) is 0. The third-order valence-electron chi connectivity index (χ3n) is 4.71. The van der Waals surface area contributed by atoms with Crippen molar-refractivity contribution in [3.63, 3.8) is 0 Å². The summed E-state index contributed by atoms with van der Waals surface area (Å²) in [5.41, 5.74) is 1.31. The number of sulfone groups is 1. The summed E-state index contributed by atoms with van der Waals surface area (Å²) in [5.74, 6) is 0.583. The average molecular weight is 417 g/mol. The number of amidine groups is 1. The molecule has 8 heteroatoms. The topological polar surface area (TPSA) is 76.0 Å². The van der Waals surface area contributed by atoms with E-state index in [1.54, 1.807) is 24.3 Å². The van der Waals surface area contributed by atoms with Gasteiger partial charge in [-0.2, -0.15) is 4.99 Å². The number of nitrogens with zero attached hydrogens (tertiary/aromatic N) is 2. The number of fused-ring (bicyclic) bond motifs is 1. The summed E-state index contributed by atoms with van der Waals surface area (Å²) in [6, 6.07) is 16.1. The van der Waals surface area contributed by atoms with Gasteiger partial charge in [0, 0.05) is 16.5 Å². The van der Waals surface area contributed by atoms with Crippen LogP contribution in [0.5, 0.6) is 5.75 Å². The first-order valence-electron chi connectivity index (χ1n) is 9.04. The third kappa shape index (κ3) is 3.79. The predicted octanol–water partition coefficient (Wildman–Crippen LogP) is 3.00. The quantitative estimate of drug-likeness (QED) is 0.763. The maximum absolute atomic E-state index is 12.6. The van der Waals surface area contributed by atoms with E-state index in [2.05, 4.69) is 4.99 Å². The van der Waals surface area contributed by atoms with Crippen LogP contribution in [-0.2, 0) is 9.84 Å².